The van der Waals surface area contributed by atoms with Gasteiger partial charge in [0, 0.05) is 6.42 Å². The minimum absolute atomic E-state index is 0.0418. The van der Waals surface area contributed by atoms with Crippen molar-refractivity contribution >= 4 is 8.32 Å². The van der Waals surface area contributed by atoms with Crippen molar-refractivity contribution in [1.29, 1.82) is 0 Å². The van der Waals surface area contributed by atoms with Gasteiger partial charge < -0.3 is 4.43 Å². The van der Waals surface area contributed by atoms with Gasteiger partial charge in [0.25, 0.3) is 0 Å². The van der Waals surface area contributed by atoms with Crippen LogP contribution in [0.25, 0.3) is 0 Å². The molecule has 0 aliphatic rings. The van der Waals surface area contributed by atoms with Gasteiger partial charge in [0.05, 0.1) is 6.10 Å². The Morgan fingerprint density at radius 1 is 1.30 bits per heavy atom. The minimum atomic E-state index is -1.80. The zero-order valence-corrected chi connectivity index (χ0v) is 17.7. The van der Waals surface area contributed by atoms with E-state index in [1.54, 1.807) is 0 Å². The van der Waals surface area contributed by atoms with Crippen molar-refractivity contribution in [2.45, 2.75) is 91.5 Å². The van der Waals surface area contributed by atoms with E-state index in [-0.39, 0.29) is 11.1 Å². The van der Waals surface area contributed by atoms with Crippen molar-refractivity contribution in [2.24, 2.45) is 5.92 Å². The SMILES string of the molecule is C#CCC(O[Si](C)(C)C(C)(C)C)/C(C)=C/C=C/CC[C@@H](C)CC. The molecule has 0 fully saturated rings. The first kappa shape index (κ1) is 22.2. The lowest BCUT2D eigenvalue weighted by Crippen LogP contribution is -2.44. The molecule has 1 unspecified atom stereocenters. The Balaban J connectivity index is 4.80. The molecule has 0 heterocycles. The molecule has 0 aliphatic carbocycles. The zero-order valence-electron chi connectivity index (χ0n) is 16.7. The Kier molecular flexibility index (Phi) is 9.81. The van der Waals surface area contributed by atoms with Crippen molar-refractivity contribution in [2.75, 3.05) is 0 Å². The summed E-state index contributed by atoms with van der Waals surface area (Å²) in [5, 5.41) is 0.201. The van der Waals surface area contributed by atoms with E-state index in [2.05, 4.69) is 78.8 Å². The van der Waals surface area contributed by atoms with Crippen molar-refractivity contribution in [1.82, 2.24) is 0 Å². The summed E-state index contributed by atoms with van der Waals surface area (Å²) >= 11 is 0. The highest BCUT2D eigenvalue weighted by Gasteiger charge is 2.39. The summed E-state index contributed by atoms with van der Waals surface area (Å²) < 4.78 is 6.51. The molecular formula is C21H38OSi. The predicted octanol–water partition coefficient (Wildman–Crippen LogP) is 6.73. The van der Waals surface area contributed by atoms with Crippen LogP contribution in [0.15, 0.2) is 23.8 Å². The molecule has 0 rings (SSSR count). The lowest BCUT2D eigenvalue weighted by Gasteiger charge is -2.39. The van der Waals surface area contributed by atoms with Crippen molar-refractivity contribution < 1.29 is 4.43 Å². The lowest BCUT2D eigenvalue weighted by molar-refractivity contribution is 0.219. The van der Waals surface area contributed by atoms with Gasteiger partial charge in [-0.1, -0.05) is 59.3 Å². The monoisotopic (exact) mass is 334 g/mol. The van der Waals surface area contributed by atoms with Crippen LogP contribution in [0.3, 0.4) is 0 Å². The Morgan fingerprint density at radius 2 is 1.91 bits per heavy atom. The van der Waals surface area contributed by atoms with Gasteiger partial charge in [-0.05, 0) is 49.4 Å². The molecule has 0 N–H and O–H groups in total. The molecule has 0 spiro atoms. The van der Waals surface area contributed by atoms with Gasteiger partial charge in [0.1, 0.15) is 0 Å². The van der Waals surface area contributed by atoms with Gasteiger partial charge in [0.15, 0.2) is 8.32 Å². The Hall–Kier alpha value is -0.783. The number of allylic oxidation sites excluding steroid dienone is 3. The summed E-state index contributed by atoms with van der Waals surface area (Å²) in [5.74, 6) is 3.59. The molecule has 0 amide bonds. The summed E-state index contributed by atoms with van der Waals surface area (Å²) in [6.45, 7) is 18.1. The molecule has 1 nitrogen and oxygen atoms in total. The summed E-state index contributed by atoms with van der Waals surface area (Å²) in [5.41, 5.74) is 1.23. The molecule has 2 heteroatoms. The van der Waals surface area contributed by atoms with Crippen LogP contribution in [-0.2, 0) is 4.43 Å². The topological polar surface area (TPSA) is 9.23 Å². The second kappa shape index (κ2) is 10.2. The van der Waals surface area contributed by atoms with Gasteiger partial charge in [-0.3, -0.25) is 0 Å². The first-order valence-corrected chi connectivity index (χ1v) is 11.9. The van der Waals surface area contributed by atoms with Crippen molar-refractivity contribution in [3.8, 4) is 12.3 Å². The van der Waals surface area contributed by atoms with E-state index >= 15 is 0 Å². The van der Waals surface area contributed by atoms with Crippen LogP contribution in [0, 0.1) is 18.3 Å². The number of hydrogen-bond acceptors (Lipinski definition) is 1. The second-order valence-electron chi connectivity index (χ2n) is 8.20. The third kappa shape index (κ3) is 8.58. The largest absolute Gasteiger partial charge is 0.409 e. The van der Waals surface area contributed by atoms with Crippen LogP contribution in [0.4, 0.5) is 0 Å². The standard InChI is InChI=1S/C21H38OSi/c1-10-15-20(22-23(8,9)21(5,6)7)19(4)17-14-12-13-16-18(3)11-2/h1,12,14,17-18,20H,11,13,15-16H2,2-9H3/b14-12+,19-17+/t18-,20?/m0/s1. The fourth-order valence-corrected chi connectivity index (χ4v) is 3.28. The van der Waals surface area contributed by atoms with Crippen LogP contribution in [0.1, 0.15) is 67.2 Å². The molecule has 0 bridgehead atoms. The molecule has 0 radical (unpaired) electrons. The molecule has 0 saturated carbocycles. The van der Waals surface area contributed by atoms with E-state index in [9.17, 15) is 0 Å². The molecule has 0 aromatic heterocycles. The van der Waals surface area contributed by atoms with Crippen LogP contribution in [0.5, 0.6) is 0 Å². The maximum atomic E-state index is 6.51. The maximum Gasteiger partial charge on any atom is 0.192 e. The normalized spacial score (nSPS) is 16.4. The predicted molar refractivity (Wildman–Crippen MR) is 107 cm³/mol. The third-order valence-corrected chi connectivity index (χ3v) is 9.56. The first-order chi connectivity index (χ1) is 10.5. The minimum Gasteiger partial charge on any atom is -0.409 e. The molecule has 0 aromatic carbocycles. The van der Waals surface area contributed by atoms with Crippen LogP contribution in [-0.4, -0.2) is 14.4 Å². The summed E-state index contributed by atoms with van der Waals surface area (Å²) in [6, 6.07) is 0. The average Bonchev–Trinajstić information content (AvgIpc) is 2.44. The van der Waals surface area contributed by atoms with E-state index in [0.717, 1.165) is 12.3 Å². The Morgan fingerprint density at radius 3 is 2.39 bits per heavy atom. The van der Waals surface area contributed by atoms with E-state index in [0.29, 0.717) is 6.42 Å². The molecule has 132 valence electrons. The Bertz CT molecular complexity index is 432. The van der Waals surface area contributed by atoms with Crippen LogP contribution >= 0.6 is 0 Å². The van der Waals surface area contributed by atoms with E-state index in [1.807, 2.05) is 0 Å². The number of rotatable bonds is 9. The highest BCUT2D eigenvalue weighted by atomic mass is 28.4. The quantitative estimate of drug-likeness (QED) is 0.258. The van der Waals surface area contributed by atoms with Crippen molar-refractivity contribution in [3.63, 3.8) is 0 Å². The fraction of sp³-hybridized carbons (Fsp3) is 0.714. The van der Waals surface area contributed by atoms with Crippen LogP contribution < -0.4 is 0 Å². The van der Waals surface area contributed by atoms with E-state index in [4.69, 9.17) is 10.8 Å². The maximum absolute atomic E-state index is 6.51. The second-order valence-corrected chi connectivity index (χ2v) is 13.0. The molecular weight excluding hydrogens is 296 g/mol. The molecule has 0 aliphatic heterocycles. The summed E-state index contributed by atoms with van der Waals surface area (Å²) in [4.78, 5) is 0. The molecule has 2 atom stereocenters. The van der Waals surface area contributed by atoms with Crippen molar-refractivity contribution in [3.05, 3.63) is 23.8 Å². The van der Waals surface area contributed by atoms with Gasteiger partial charge in [0.2, 0.25) is 0 Å². The van der Waals surface area contributed by atoms with Gasteiger partial charge in [-0.2, -0.15) is 0 Å². The van der Waals surface area contributed by atoms with Crippen LogP contribution in [0.2, 0.25) is 18.1 Å². The zero-order chi connectivity index (χ0) is 18.1. The van der Waals surface area contributed by atoms with E-state index < -0.39 is 8.32 Å². The van der Waals surface area contributed by atoms with Gasteiger partial charge in [-0.15, -0.1) is 12.3 Å². The number of hydrogen-bond donors (Lipinski definition) is 0. The molecule has 23 heavy (non-hydrogen) atoms. The average molecular weight is 335 g/mol. The lowest BCUT2D eigenvalue weighted by atomic mass is 10.0. The van der Waals surface area contributed by atoms with Gasteiger partial charge in [-0.25, -0.2) is 0 Å². The highest BCUT2D eigenvalue weighted by molar-refractivity contribution is 6.74. The summed E-state index contributed by atoms with van der Waals surface area (Å²) in [6.07, 6.45) is 16.5. The van der Waals surface area contributed by atoms with E-state index in [1.165, 1.54) is 18.4 Å². The summed E-state index contributed by atoms with van der Waals surface area (Å²) in [7, 11) is -1.80. The molecule has 0 aromatic rings. The fourth-order valence-electron chi connectivity index (χ4n) is 1.94. The molecule has 0 saturated heterocycles. The Labute approximate surface area is 146 Å². The first-order valence-electron chi connectivity index (χ1n) is 8.99. The number of terminal acetylenes is 1. The highest BCUT2D eigenvalue weighted by Crippen LogP contribution is 2.38. The smallest absolute Gasteiger partial charge is 0.192 e. The van der Waals surface area contributed by atoms with Gasteiger partial charge >= 0.3 is 0 Å². The third-order valence-electron chi connectivity index (χ3n) is 5.07.